The van der Waals surface area contributed by atoms with Gasteiger partial charge in [-0.15, -0.1) is 0 Å². The fourth-order valence-corrected chi connectivity index (χ4v) is 3.10. The number of para-hydroxylation sites is 2. The van der Waals surface area contributed by atoms with E-state index >= 15 is 0 Å². The largest absolute Gasteiger partial charge is 0.486 e. The van der Waals surface area contributed by atoms with Crippen LogP contribution in [-0.2, 0) is 17.8 Å². The minimum Gasteiger partial charge on any atom is -0.486 e. The van der Waals surface area contributed by atoms with E-state index in [1.165, 1.54) is 0 Å². The SMILES string of the molecule is O=C(NCC1COc2ccccc2O1)C1CCn2ccnc2C1. The summed E-state index contributed by atoms with van der Waals surface area (Å²) < 4.78 is 13.6. The number of hydrogen-bond donors (Lipinski definition) is 1. The van der Waals surface area contributed by atoms with E-state index in [0.29, 0.717) is 19.6 Å². The van der Waals surface area contributed by atoms with Crippen molar-refractivity contribution in [3.8, 4) is 11.5 Å². The molecular formula is C17H19N3O3. The van der Waals surface area contributed by atoms with Gasteiger partial charge in [-0.2, -0.15) is 0 Å². The van der Waals surface area contributed by atoms with E-state index in [2.05, 4.69) is 14.9 Å². The lowest BCUT2D eigenvalue weighted by atomic mass is 9.97. The summed E-state index contributed by atoms with van der Waals surface area (Å²) in [5.74, 6) is 2.54. The molecule has 2 atom stereocenters. The summed E-state index contributed by atoms with van der Waals surface area (Å²) in [4.78, 5) is 16.7. The number of aromatic nitrogens is 2. The quantitative estimate of drug-likeness (QED) is 0.930. The van der Waals surface area contributed by atoms with Crippen LogP contribution in [0.2, 0.25) is 0 Å². The lowest BCUT2D eigenvalue weighted by Crippen LogP contribution is -2.43. The molecule has 4 rings (SSSR count). The maximum atomic E-state index is 12.4. The Labute approximate surface area is 134 Å². The number of nitrogens with zero attached hydrogens (tertiary/aromatic N) is 2. The van der Waals surface area contributed by atoms with Crippen LogP contribution >= 0.6 is 0 Å². The Kier molecular flexibility index (Phi) is 3.65. The van der Waals surface area contributed by atoms with Gasteiger partial charge in [-0.3, -0.25) is 4.79 Å². The lowest BCUT2D eigenvalue weighted by molar-refractivity contribution is -0.126. The maximum Gasteiger partial charge on any atom is 0.223 e. The molecule has 0 fully saturated rings. The van der Waals surface area contributed by atoms with Crippen LogP contribution in [-0.4, -0.2) is 34.7 Å². The number of imidazole rings is 1. The summed E-state index contributed by atoms with van der Waals surface area (Å²) in [6.45, 7) is 1.76. The van der Waals surface area contributed by atoms with E-state index in [9.17, 15) is 4.79 Å². The molecule has 1 aromatic carbocycles. The monoisotopic (exact) mass is 313 g/mol. The number of carbonyl (C=O) groups is 1. The minimum absolute atomic E-state index is 0.0123. The Bertz CT molecular complexity index is 713. The summed E-state index contributed by atoms with van der Waals surface area (Å²) in [6.07, 6.45) is 5.15. The highest BCUT2D eigenvalue weighted by atomic mass is 16.6. The molecule has 0 saturated heterocycles. The zero-order valence-electron chi connectivity index (χ0n) is 12.8. The van der Waals surface area contributed by atoms with Crippen molar-refractivity contribution in [3.05, 3.63) is 42.5 Å². The minimum atomic E-state index is -0.153. The molecule has 2 aliphatic heterocycles. The van der Waals surface area contributed by atoms with Crippen molar-refractivity contribution in [2.24, 2.45) is 5.92 Å². The van der Waals surface area contributed by atoms with Crippen molar-refractivity contribution < 1.29 is 14.3 Å². The van der Waals surface area contributed by atoms with Gasteiger partial charge >= 0.3 is 0 Å². The summed E-state index contributed by atoms with van der Waals surface area (Å²) in [6, 6.07) is 7.59. The highest BCUT2D eigenvalue weighted by Crippen LogP contribution is 2.30. The molecule has 6 nitrogen and oxygen atoms in total. The van der Waals surface area contributed by atoms with Gasteiger partial charge in [0.15, 0.2) is 11.5 Å². The number of ether oxygens (including phenoxy) is 2. The number of amides is 1. The van der Waals surface area contributed by atoms with Crippen molar-refractivity contribution >= 4 is 5.91 Å². The van der Waals surface area contributed by atoms with Gasteiger partial charge in [0.25, 0.3) is 0 Å². The van der Waals surface area contributed by atoms with Crippen molar-refractivity contribution in [1.82, 2.24) is 14.9 Å². The third-order valence-corrected chi connectivity index (χ3v) is 4.39. The zero-order valence-corrected chi connectivity index (χ0v) is 12.8. The number of aryl methyl sites for hydroxylation is 1. The topological polar surface area (TPSA) is 65.4 Å². The van der Waals surface area contributed by atoms with Crippen LogP contribution < -0.4 is 14.8 Å². The third kappa shape index (κ3) is 2.88. The van der Waals surface area contributed by atoms with E-state index in [0.717, 1.165) is 30.3 Å². The first-order chi connectivity index (χ1) is 11.3. The number of hydrogen-bond acceptors (Lipinski definition) is 4. The summed E-state index contributed by atoms with van der Waals surface area (Å²) in [5.41, 5.74) is 0. The van der Waals surface area contributed by atoms with E-state index in [1.807, 2.05) is 30.5 Å². The van der Waals surface area contributed by atoms with Crippen LogP contribution in [0.15, 0.2) is 36.7 Å². The van der Waals surface area contributed by atoms with Crippen LogP contribution in [0.4, 0.5) is 0 Å². The van der Waals surface area contributed by atoms with Gasteiger partial charge in [-0.05, 0) is 18.6 Å². The highest BCUT2D eigenvalue weighted by Gasteiger charge is 2.27. The second-order valence-corrected chi connectivity index (χ2v) is 5.97. The predicted octanol–water partition coefficient (Wildman–Crippen LogP) is 1.40. The van der Waals surface area contributed by atoms with Crippen LogP contribution in [0, 0.1) is 5.92 Å². The van der Waals surface area contributed by atoms with Gasteiger partial charge in [0, 0.05) is 31.3 Å². The Morgan fingerprint density at radius 3 is 3.13 bits per heavy atom. The molecule has 0 radical (unpaired) electrons. The predicted molar refractivity (Wildman–Crippen MR) is 83.4 cm³/mol. The van der Waals surface area contributed by atoms with Crippen LogP contribution in [0.3, 0.4) is 0 Å². The molecule has 120 valence electrons. The zero-order chi connectivity index (χ0) is 15.6. The molecule has 0 bridgehead atoms. The summed E-state index contributed by atoms with van der Waals surface area (Å²) in [5, 5.41) is 2.99. The first-order valence-electron chi connectivity index (χ1n) is 7.96. The van der Waals surface area contributed by atoms with Crippen molar-refractivity contribution in [1.29, 1.82) is 0 Å². The second kappa shape index (κ2) is 5.95. The van der Waals surface area contributed by atoms with E-state index in [1.54, 1.807) is 6.20 Å². The number of fused-ring (bicyclic) bond motifs is 2. The molecule has 0 aliphatic carbocycles. The van der Waals surface area contributed by atoms with E-state index < -0.39 is 0 Å². The molecule has 0 spiro atoms. The smallest absolute Gasteiger partial charge is 0.223 e. The Morgan fingerprint density at radius 1 is 1.35 bits per heavy atom. The average molecular weight is 313 g/mol. The lowest BCUT2D eigenvalue weighted by Gasteiger charge is -2.28. The number of rotatable bonds is 3. The normalized spacial score (nSPS) is 22.3. The van der Waals surface area contributed by atoms with Crippen LogP contribution in [0.1, 0.15) is 12.2 Å². The van der Waals surface area contributed by atoms with Gasteiger partial charge in [0.1, 0.15) is 18.5 Å². The number of benzene rings is 1. The molecular weight excluding hydrogens is 294 g/mol. The molecule has 2 aromatic rings. The standard InChI is InChI=1S/C17H19N3O3/c21-17(12-5-7-20-8-6-18-16(20)9-12)19-10-13-11-22-14-3-1-2-4-15(14)23-13/h1-4,6,8,12-13H,5,7,9-11H2,(H,19,21). The third-order valence-electron chi connectivity index (χ3n) is 4.39. The van der Waals surface area contributed by atoms with Crippen molar-refractivity contribution in [3.63, 3.8) is 0 Å². The van der Waals surface area contributed by atoms with Gasteiger partial charge in [-0.25, -0.2) is 4.98 Å². The van der Waals surface area contributed by atoms with Gasteiger partial charge in [0.05, 0.1) is 6.54 Å². The Hall–Kier alpha value is -2.50. The van der Waals surface area contributed by atoms with Gasteiger partial charge in [-0.1, -0.05) is 12.1 Å². The molecule has 1 aromatic heterocycles. The molecule has 1 amide bonds. The fraction of sp³-hybridized carbons (Fsp3) is 0.412. The first kappa shape index (κ1) is 14.1. The van der Waals surface area contributed by atoms with E-state index in [-0.39, 0.29) is 17.9 Å². The molecule has 3 heterocycles. The van der Waals surface area contributed by atoms with Crippen molar-refractivity contribution in [2.75, 3.05) is 13.2 Å². The average Bonchev–Trinajstić information content (AvgIpc) is 3.07. The first-order valence-corrected chi connectivity index (χ1v) is 7.96. The number of carbonyl (C=O) groups excluding carboxylic acids is 1. The Morgan fingerprint density at radius 2 is 2.22 bits per heavy atom. The fourth-order valence-electron chi connectivity index (χ4n) is 3.10. The Balaban J connectivity index is 1.31. The number of nitrogens with one attached hydrogen (secondary N) is 1. The molecule has 23 heavy (non-hydrogen) atoms. The highest BCUT2D eigenvalue weighted by molar-refractivity contribution is 5.79. The molecule has 6 heteroatoms. The summed E-state index contributed by atoms with van der Waals surface area (Å²) in [7, 11) is 0. The summed E-state index contributed by atoms with van der Waals surface area (Å²) >= 11 is 0. The molecule has 0 saturated carbocycles. The van der Waals surface area contributed by atoms with E-state index in [4.69, 9.17) is 9.47 Å². The van der Waals surface area contributed by atoms with Crippen LogP contribution in [0.25, 0.3) is 0 Å². The van der Waals surface area contributed by atoms with Crippen LogP contribution in [0.5, 0.6) is 11.5 Å². The van der Waals surface area contributed by atoms with Crippen molar-refractivity contribution in [2.45, 2.75) is 25.5 Å². The maximum absolute atomic E-state index is 12.4. The second-order valence-electron chi connectivity index (χ2n) is 5.97. The molecule has 1 N–H and O–H groups in total. The molecule has 2 aliphatic rings. The van der Waals surface area contributed by atoms with Gasteiger partial charge < -0.3 is 19.4 Å². The molecule has 2 unspecified atom stereocenters. The van der Waals surface area contributed by atoms with Gasteiger partial charge in [0.2, 0.25) is 5.91 Å².